The molecule has 0 amide bonds. The predicted octanol–water partition coefficient (Wildman–Crippen LogP) is 7.28. The van der Waals surface area contributed by atoms with Gasteiger partial charge in [-0.3, -0.25) is 9.59 Å². The van der Waals surface area contributed by atoms with Crippen molar-refractivity contribution in [1.82, 2.24) is 0 Å². The molecule has 6 aliphatic rings. The number of carbonyl (C=O) groups is 2. The van der Waals surface area contributed by atoms with Crippen LogP contribution in [0.25, 0.3) is 0 Å². The second kappa shape index (κ2) is 7.53. The maximum absolute atomic E-state index is 17.3. The SMILES string of the molecule is CC(=O)O[C@H]1CC[C@]2(C)[C@H]3C[C@@H](F)[C@]45OC(=O)[C@@]6(CC[C@@H](C)[C@H](C)[C@H]64)CC[C@@]5(C)[C@]3(C)CC[C@H]2C1(C)C. The number of esters is 2. The minimum absolute atomic E-state index is 0.0237. The van der Waals surface area contributed by atoms with Crippen LogP contribution in [0.5, 0.6) is 0 Å². The van der Waals surface area contributed by atoms with Gasteiger partial charge in [0.15, 0.2) is 5.60 Å². The molecule has 2 bridgehead atoms. The van der Waals surface area contributed by atoms with Gasteiger partial charge in [-0.05, 0) is 92.3 Å². The zero-order valence-electron chi connectivity index (χ0n) is 24.4. The van der Waals surface area contributed by atoms with Crippen molar-refractivity contribution in [1.29, 1.82) is 0 Å². The molecule has 0 radical (unpaired) electrons. The first-order valence-electron chi connectivity index (χ1n) is 15.2. The fraction of sp³-hybridized carbons (Fsp3) is 0.938. The van der Waals surface area contributed by atoms with Gasteiger partial charge >= 0.3 is 11.9 Å². The highest BCUT2D eigenvalue weighted by molar-refractivity contribution is 5.82. The summed E-state index contributed by atoms with van der Waals surface area (Å²) < 4.78 is 29.7. The quantitative estimate of drug-likeness (QED) is 0.344. The first kappa shape index (κ1) is 26.1. The van der Waals surface area contributed by atoms with E-state index in [0.29, 0.717) is 18.3 Å². The summed E-state index contributed by atoms with van der Waals surface area (Å²) >= 11 is 0. The molecular weight excluding hydrogens is 467 g/mol. The summed E-state index contributed by atoms with van der Waals surface area (Å²) in [5.41, 5.74) is -2.18. The first-order chi connectivity index (χ1) is 17.1. The van der Waals surface area contributed by atoms with Crippen LogP contribution in [0.3, 0.4) is 0 Å². The maximum atomic E-state index is 17.3. The van der Waals surface area contributed by atoms with Crippen molar-refractivity contribution in [3.05, 3.63) is 0 Å². The largest absolute Gasteiger partial charge is 0.462 e. The molecule has 5 saturated carbocycles. The molecule has 5 aliphatic carbocycles. The van der Waals surface area contributed by atoms with Gasteiger partial charge in [-0.1, -0.05) is 48.5 Å². The summed E-state index contributed by atoms with van der Waals surface area (Å²) in [4.78, 5) is 25.6. The van der Waals surface area contributed by atoms with Crippen LogP contribution in [0.2, 0.25) is 0 Å². The van der Waals surface area contributed by atoms with Crippen molar-refractivity contribution in [2.45, 2.75) is 131 Å². The van der Waals surface area contributed by atoms with Crippen molar-refractivity contribution >= 4 is 11.9 Å². The number of alkyl halides is 1. The van der Waals surface area contributed by atoms with E-state index in [1.165, 1.54) is 6.92 Å². The van der Waals surface area contributed by atoms with E-state index in [1.807, 2.05) is 0 Å². The molecule has 1 saturated heterocycles. The van der Waals surface area contributed by atoms with Crippen LogP contribution in [0.1, 0.15) is 113 Å². The average Bonchev–Trinajstić information content (AvgIpc) is 3.03. The molecule has 1 aliphatic heterocycles. The van der Waals surface area contributed by atoms with Gasteiger partial charge in [0.25, 0.3) is 0 Å². The van der Waals surface area contributed by atoms with E-state index >= 15 is 4.39 Å². The standard InChI is InChI=1S/C32H49FO4/c1-18-9-14-31-16-15-30(8)29(7)13-10-21-27(4,5)24(36-20(3)34)11-12-28(21,6)22(29)17-23(33)32(30,37-26(31)35)25(31)19(18)2/h18-19,21-25H,9-17H2,1-8H3/t18-,19+,21+,22-,23-,24+,25-,28+,29-,30+,31+,32+/m1/s1. The minimum Gasteiger partial charge on any atom is -0.462 e. The molecule has 1 spiro atoms. The monoisotopic (exact) mass is 516 g/mol. The molecule has 208 valence electrons. The lowest BCUT2D eigenvalue weighted by atomic mass is 9.30. The van der Waals surface area contributed by atoms with Crippen molar-refractivity contribution in [3.63, 3.8) is 0 Å². The minimum atomic E-state index is -1.13. The zero-order chi connectivity index (χ0) is 27.0. The van der Waals surface area contributed by atoms with Crippen LogP contribution in [-0.2, 0) is 19.1 Å². The normalized spacial score (nSPS) is 57.8. The lowest BCUT2D eigenvalue weighted by molar-refractivity contribution is -0.310. The summed E-state index contributed by atoms with van der Waals surface area (Å²) in [5, 5.41) is 0. The first-order valence-corrected chi connectivity index (χ1v) is 15.2. The maximum Gasteiger partial charge on any atom is 0.313 e. The van der Waals surface area contributed by atoms with Crippen LogP contribution in [0, 0.1) is 56.7 Å². The van der Waals surface area contributed by atoms with Gasteiger partial charge in [0.2, 0.25) is 0 Å². The highest BCUT2D eigenvalue weighted by Crippen LogP contribution is 2.81. The lowest BCUT2D eigenvalue weighted by Gasteiger charge is -2.74. The Morgan fingerprint density at radius 3 is 2.32 bits per heavy atom. The molecular formula is C32H49FO4. The van der Waals surface area contributed by atoms with Crippen LogP contribution in [0.15, 0.2) is 0 Å². The van der Waals surface area contributed by atoms with Gasteiger partial charge in [-0.2, -0.15) is 0 Å². The number of fused-ring (bicyclic) bond motifs is 4. The van der Waals surface area contributed by atoms with E-state index in [4.69, 9.17) is 9.47 Å². The topological polar surface area (TPSA) is 52.6 Å². The molecule has 0 N–H and O–H groups in total. The molecule has 6 fully saturated rings. The Morgan fingerprint density at radius 1 is 0.946 bits per heavy atom. The van der Waals surface area contributed by atoms with E-state index in [-0.39, 0.29) is 52.0 Å². The molecule has 0 aromatic heterocycles. The Balaban J connectivity index is 1.45. The Kier molecular flexibility index (Phi) is 5.32. The number of hydrogen-bond acceptors (Lipinski definition) is 4. The van der Waals surface area contributed by atoms with Crippen molar-refractivity contribution < 1.29 is 23.5 Å². The van der Waals surface area contributed by atoms with Gasteiger partial charge in [0, 0.05) is 23.7 Å². The predicted molar refractivity (Wildman–Crippen MR) is 140 cm³/mol. The van der Waals surface area contributed by atoms with E-state index in [2.05, 4.69) is 48.5 Å². The van der Waals surface area contributed by atoms with Crippen LogP contribution >= 0.6 is 0 Å². The van der Waals surface area contributed by atoms with E-state index < -0.39 is 22.6 Å². The molecule has 37 heavy (non-hydrogen) atoms. The number of rotatable bonds is 1. The molecule has 5 heteroatoms. The van der Waals surface area contributed by atoms with Crippen LogP contribution in [0.4, 0.5) is 4.39 Å². The third-order valence-electron chi connectivity index (χ3n) is 14.6. The third kappa shape index (κ3) is 2.76. The fourth-order valence-electron chi connectivity index (χ4n) is 12.4. The molecule has 0 unspecified atom stereocenters. The van der Waals surface area contributed by atoms with E-state index in [9.17, 15) is 9.59 Å². The Hall–Kier alpha value is -1.13. The van der Waals surface area contributed by atoms with Gasteiger partial charge in [0.05, 0.1) is 5.41 Å². The second-order valence-corrected chi connectivity index (χ2v) is 15.8. The number of ether oxygens (including phenoxy) is 2. The fourth-order valence-corrected chi connectivity index (χ4v) is 12.4. The van der Waals surface area contributed by atoms with Gasteiger partial charge in [-0.25, -0.2) is 4.39 Å². The van der Waals surface area contributed by atoms with Gasteiger partial charge in [0.1, 0.15) is 12.3 Å². The number of halogens is 1. The lowest BCUT2D eigenvalue weighted by Crippen LogP contribution is -2.76. The molecule has 4 nitrogen and oxygen atoms in total. The molecule has 12 atom stereocenters. The van der Waals surface area contributed by atoms with Gasteiger partial charge in [-0.15, -0.1) is 0 Å². The Morgan fingerprint density at radius 2 is 1.65 bits per heavy atom. The number of hydrogen-bond donors (Lipinski definition) is 0. The molecule has 6 rings (SSSR count). The molecule has 0 aromatic carbocycles. The van der Waals surface area contributed by atoms with Gasteiger partial charge < -0.3 is 9.47 Å². The van der Waals surface area contributed by atoms with E-state index in [1.54, 1.807) is 0 Å². The summed E-state index contributed by atoms with van der Waals surface area (Å²) in [6, 6.07) is 0. The Labute approximate surface area is 223 Å². The summed E-state index contributed by atoms with van der Waals surface area (Å²) in [7, 11) is 0. The second-order valence-electron chi connectivity index (χ2n) is 15.8. The summed E-state index contributed by atoms with van der Waals surface area (Å²) in [5.74, 6) is 1.02. The summed E-state index contributed by atoms with van der Waals surface area (Å²) in [6.07, 6.45) is 6.73. The summed E-state index contributed by atoms with van der Waals surface area (Å²) in [6.45, 7) is 17.8. The molecule has 0 aromatic rings. The smallest absolute Gasteiger partial charge is 0.313 e. The molecule has 1 heterocycles. The highest BCUT2D eigenvalue weighted by Gasteiger charge is 2.84. The number of carbonyl (C=O) groups excluding carboxylic acids is 2. The highest BCUT2D eigenvalue weighted by atomic mass is 19.1. The van der Waals surface area contributed by atoms with Crippen molar-refractivity contribution in [2.75, 3.05) is 0 Å². The zero-order valence-corrected chi connectivity index (χ0v) is 24.4. The Bertz CT molecular complexity index is 1020. The van der Waals surface area contributed by atoms with Crippen LogP contribution in [-0.4, -0.2) is 29.8 Å². The van der Waals surface area contributed by atoms with Crippen molar-refractivity contribution in [3.8, 4) is 0 Å². The van der Waals surface area contributed by atoms with Crippen LogP contribution < -0.4 is 0 Å². The van der Waals surface area contributed by atoms with Crippen molar-refractivity contribution in [2.24, 2.45) is 56.7 Å². The van der Waals surface area contributed by atoms with E-state index in [0.717, 1.165) is 51.4 Å². The third-order valence-corrected chi connectivity index (χ3v) is 14.6. The average molecular weight is 517 g/mol.